The van der Waals surface area contributed by atoms with Gasteiger partial charge in [-0.25, -0.2) is 19.2 Å². The van der Waals surface area contributed by atoms with E-state index < -0.39 is 49.3 Å². The minimum atomic E-state index is -0.678. The quantitative estimate of drug-likeness (QED) is 0.254. The van der Waals surface area contributed by atoms with Crippen LogP contribution in [-0.4, -0.2) is 73.4 Å². The van der Waals surface area contributed by atoms with E-state index in [1.54, 1.807) is 0 Å². The summed E-state index contributed by atoms with van der Waals surface area (Å²) in [6, 6.07) is 0. The highest BCUT2D eigenvalue weighted by molar-refractivity contribution is 5.88. The van der Waals surface area contributed by atoms with Gasteiger partial charge in [0.15, 0.2) is 13.2 Å². The lowest BCUT2D eigenvalue weighted by atomic mass is 9.88. The average molecular weight is 523 g/mol. The van der Waals surface area contributed by atoms with Crippen LogP contribution in [0.15, 0.2) is 24.8 Å². The zero-order valence-corrected chi connectivity index (χ0v) is 20.5. The molecule has 0 aromatic heterocycles. The summed E-state index contributed by atoms with van der Waals surface area (Å²) in [7, 11) is 0. The molecule has 4 aliphatic rings. The first-order valence-corrected chi connectivity index (χ1v) is 12.0. The maximum Gasteiger partial charge on any atom is 0.344 e. The first-order valence-electron chi connectivity index (χ1n) is 12.0. The van der Waals surface area contributed by atoms with Crippen molar-refractivity contribution in [3.63, 3.8) is 0 Å². The summed E-state index contributed by atoms with van der Waals surface area (Å²) < 4.78 is 29.8. The van der Waals surface area contributed by atoms with Gasteiger partial charge in [-0.05, 0) is 32.6 Å². The van der Waals surface area contributed by atoms with E-state index in [4.69, 9.17) is 18.9 Å². The zero-order valence-electron chi connectivity index (χ0n) is 20.5. The molecule has 4 fully saturated rings. The van der Waals surface area contributed by atoms with E-state index in [1.807, 2.05) is 0 Å². The molecule has 0 N–H and O–H groups in total. The summed E-state index contributed by atoms with van der Waals surface area (Å²) in [5, 5.41) is 0. The van der Waals surface area contributed by atoms with Crippen LogP contribution in [0.3, 0.4) is 0 Å². The molecule has 12 nitrogen and oxygen atoms in total. The second-order valence-corrected chi connectivity index (χ2v) is 9.20. The number of esters is 6. The van der Waals surface area contributed by atoms with Gasteiger partial charge in [0.1, 0.15) is 24.4 Å². The lowest BCUT2D eigenvalue weighted by Gasteiger charge is -2.25. The van der Waals surface area contributed by atoms with Crippen molar-refractivity contribution in [2.75, 3.05) is 13.2 Å². The molecule has 6 unspecified atom stereocenters. The number of ether oxygens (including phenoxy) is 6. The number of fused-ring (bicyclic) bond motifs is 4. The second-order valence-electron chi connectivity index (χ2n) is 9.20. The van der Waals surface area contributed by atoms with Gasteiger partial charge in [0, 0.05) is 24.5 Å². The second kappa shape index (κ2) is 12.5. The third-order valence-corrected chi connectivity index (χ3v) is 6.40. The van der Waals surface area contributed by atoms with Crippen molar-refractivity contribution in [3.8, 4) is 0 Å². The maximum absolute atomic E-state index is 11.5. The SMILES string of the molecule is C=C(C)C(=O)OCC(=O)OC1CCC2CC1OC2=O.C=CC(=O)OCC(=O)OC1CCC2CC1OC2=O. The van der Waals surface area contributed by atoms with Crippen molar-refractivity contribution in [3.05, 3.63) is 24.8 Å². The summed E-state index contributed by atoms with van der Waals surface area (Å²) in [5.41, 5.74) is 0.220. The molecule has 2 aliphatic heterocycles. The molecule has 0 radical (unpaired) electrons. The van der Waals surface area contributed by atoms with Gasteiger partial charge in [0.05, 0.1) is 11.8 Å². The predicted molar refractivity (Wildman–Crippen MR) is 121 cm³/mol. The summed E-state index contributed by atoms with van der Waals surface area (Å²) in [6.07, 6.45) is 3.13. The molecule has 0 aromatic carbocycles. The van der Waals surface area contributed by atoms with E-state index >= 15 is 0 Å². The van der Waals surface area contributed by atoms with E-state index in [0.717, 1.165) is 6.08 Å². The fraction of sp³-hybridized carbons (Fsp3) is 0.600. The standard InChI is InChI=1S/C13H16O6.C12H14O6/c1-7(2)12(15)17-6-11(14)18-9-4-3-8-5-10(9)19-13(8)16;1-2-10(13)16-6-11(14)17-8-4-3-7-5-9(8)18-12(7)15/h8-10H,1,3-6H2,2H3;2,7-9H,1,3-6H2. The molecule has 0 amide bonds. The van der Waals surface area contributed by atoms with Crippen LogP contribution < -0.4 is 0 Å². The van der Waals surface area contributed by atoms with Crippen LogP contribution in [0.4, 0.5) is 0 Å². The lowest BCUT2D eigenvalue weighted by Crippen LogP contribution is -2.34. The Bertz CT molecular complexity index is 969. The number of hydrogen-bond donors (Lipinski definition) is 0. The normalized spacial score (nSPS) is 28.9. The minimum Gasteiger partial charge on any atom is -0.458 e. The van der Waals surface area contributed by atoms with Crippen LogP contribution in [0.1, 0.15) is 45.4 Å². The van der Waals surface area contributed by atoms with Gasteiger partial charge in [0.25, 0.3) is 0 Å². The van der Waals surface area contributed by atoms with E-state index in [-0.39, 0.29) is 41.6 Å². The van der Waals surface area contributed by atoms with E-state index in [9.17, 15) is 28.8 Å². The van der Waals surface area contributed by atoms with Crippen LogP contribution in [0.25, 0.3) is 0 Å². The fourth-order valence-corrected chi connectivity index (χ4v) is 4.48. The zero-order chi connectivity index (χ0) is 27.1. The van der Waals surface area contributed by atoms with E-state index in [1.165, 1.54) is 6.92 Å². The number of carbonyl (C=O) groups is 6. The van der Waals surface area contributed by atoms with Crippen LogP contribution in [0.2, 0.25) is 0 Å². The number of carbonyl (C=O) groups excluding carboxylic acids is 6. The van der Waals surface area contributed by atoms with Crippen LogP contribution in [0, 0.1) is 11.8 Å². The van der Waals surface area contributed by atoms with Crippen LogP contribution in [0.5, 0.6) is 0 Å². The van der Waals surface area contributed by atoms with Crippen molar-refractivity contribution >= 4 is 35.8 Å². The van der Waals surface area contributed by atoms with Gasteiger partial charge in [-0.3, -0.25) is 9.59 Å². The first-order chi connectivity index (χ1) is 17.6. The molecule has 202 valence electrons. The molecule has 4 rings (SSSR count). The minimum absolute atomic E-state index is 0.0523. The Hall–Kier alpha value is -3.70. The molecule has 2 heterocycles. The topological polar surface area (TPSA) is 158 Å². The van der Waals surface area contributed by atoms with E-state index in [2.05, 4.69) is 22.6 Å². The summed E-state index contributed by atoms with van der Waals surface area (Å²) in [6.45, 7) is 7.20. The molecular weight excluding hydrogens is 492 g/mol. The Morgan fingerprint density at radius 1 is 0.838 bits per heavy atom. The van der Waals surface area contributed by atoms with Crippen molar-refractivity contribution in [2.24, 2.45) is 11.8 Å². The Morgan fingerprint density at radius 2 is 1.30 bits per heavy atom. The van der Waals surface area contributed by atoms with Gasteiger partial charge in [-0.15, -0.1) is 0 Å². The molecule has 2 saturated heterocycles. The third-order valence-electron chi connectivity index (χ3n) is 6.40. The Kier molecular flexibility index (Phi) is 9.42. The molecule has 2 saturated carbocycles. The molecule has 0 aromatic rings. The average Bonchev–Trinajstić information content (AvgIpc) is 3.34. The van der Waals surface area contributed by atoms with Crippen molar-refractivity contribution in [1.82, 2.24) is 0 Å². The van der Waals surface area contributed by atoms with Gasteiger partial charge >= 0.3 is 35.8 Å². The Balaban J connectivity index is 0.000000206. The van der Waals surface area contributed by atoms with Crippen LogP contribution in [-0.2, 0) is 57.2 Å². The highest BCUT2D eigenvalue weighted by atomic mass is 16.6. The first kappa shape index (κ1) is 27.9. The van der Waals surface area contributed by atoms with Gasteiger partial charge in [0.2, 0.25) is 0 Å². The highest BCUT2D eigenvalue weighted by Gasteiger charge is 2.46. The molecule has 0 spiro atoms. The molecule has 4 bridgehead atoms. The fourth-order valence-electron chi connectivity index (χ4n) is 4.48. The summed E-state index contributed by atoms with van der Waals surface area (Å²) in [5.74, 6) is -3.12. The predicted octanol–water partition coefficient (Wildman–Crippen LogP) is 1.10. The molecule has 37 heavy (non-hydrogen) atoms. The molecule has 6 atom stereocenters. The number of rotatable bonds is 8. The Morgan fingerprint density at radius 3 is 1.73 bits per heavy atom. The summed E-state index contributed by atoms with van der Waals surface area (Å²) in [4.78, 5) is 67.4. The molecular formula is C25H30O12. The van der Waals surface area contributed by atoms with Crippen molar-refractivity contribution < 1.29 is 57.2 Å². The lowest BCUT2D eigenvalue weighted by molar-refractivity contribution is -0.167. The van der Waals surface area contributed by atoms with Gasteiger partial charge < -0.3 is 28.4 Å². The molecule has 12 heteroatoms. The van der Waals surface area contributed by atoms with Crippen molar-refractivity contribution in [1.29, 1.82) is 0 Å². The Labute approximate surface area is 213 Å². The monoisotopic (exact) mass is 522 g/mol. The van der Waals surface area contributed by atoms with E-state index in [0.29, 0.717) is 38.5 Å². The highest BCUT2D eigenvalue weighted by Crippen LogP contribution is 2.36. The summed E-state index contributed by atoms with van der Waals surface area (Å²) >= 11 is 0. The third kappa shape index (κ3) is 7.64. The number of hydrogen-bond acceptors (Lipinski definition) is 12. The van der Waals surface area contributed by atoms with Gasteiger partial charge in [-0.1, -0.05) is 13.2 Å². The van der Waals surface area contributed by atoms with Crippen molar-refractivity contribution in [2.45, 2.75) is 69.9 Å². The smallest absolute Gasteiger partial charge is 0.344 e. The van der Waals surface area contributed by atoms with Gasteiger partial charge in [-0.2, -0.15) is 0 Å². The molecule has 2 aliphatic carbocycles. The van der Waals surface area contributed by atoms with Crippen LogP contribution >= 0.6 is 0 Å². The largest absolute Gasteiger partial charge is 0.458 e. The maximum atomic E-state index is 11.5.